The maximum atomic E-state index is 11.8. The molecule has 0 N–H and O–H groups in total. The van der Waals surface area contributed by atoms with Crippen LogP contribution in [0.2, 0.25) is 0 Å². The molecule has 0 amide bonds. The molecule has 0 heterocycles. The summed E-state index contributed by atoms with van der Waals surface area (Å²) in [5.74, 6) is -0.870. The summed E-state index contributed by atoms with van der Waals surface area (Å²) in [5, 5.41) is 13.2. The Labute approximate surface area is 86.9 Å². The Kier molecular flexibility index (Phi) is 2.29. The molecule has 3 heteroatoms. The molecule has 0 saturated heterocycles. The molecule has 2 aromatic rings. The number of hydrogen-bond donors (Lipinski definition) is 0. The molecular formula is C12H9O3. The number of methoxy groups -OCH3 is 1. The standard InChI is InChI=1S/C12H9O3/c1-15-12(14)10-7-6-8-4-2-3-5-9(8)11(10)13/h2-7H,1H3. The largest absolute Gasteiger partial charge is 0.465 e. The van der Waals surface area contributed by atoms with E-state index in [2.05, 4.69) is 4.74 Å². The number of benzene rings is 2. The van der Waals surface area contributed by atoms with Crippen LogP contribution in [0.3, 0.4) is 0 Å². The van der Waals surface area contributed by atoms with Crippen molar-refractivity contribution in [1.82, 2.24) is 0 Å². The van der Waals surface area contributed by atoms with Gasteiger partial charge in [0.25, 0.3) is 0 Å². The van der Waals surface area contributed by atoms with E-state index in [0.29, 0.717) is 5.39 Å². The summed E-state index contributed by atoms with van der Waals surface area (Å²) < 4.78 is 4.53. The van der Waals surface area contributed by atoms with E-state index in [1.54, 1.807) is 18.2 Å². The van der Waals surface area contributed by atoms with E-state index < -0.39 is 5.97 Å². The van der Waals surface area contributed by atoms with E-state index >= 15 is 0 Å². The lowest BCUT2D eigenvalue weighted by atomic mass is 10.1. The van der Waals surface area contributed by atoms with E-state index in [9.17, 15) is 9.90 Å². The molecule has 2 aromatic carbocycles. The van der Waals surface area contributed by atoms with Crippen LogP contribution in [0.25, 0.3) is 10.8 Å². The molecule has 75 valence electrons. The maximum Gasteiger partial charge on any atom is 0.341 e. The number of hydrogen-bond acceptors (Lipinski definition) is 2. The molecule has 15 heavy (non-hydrogen) atoms. The molecule has 0 spiro atoms. The van der Waals surface area contributed by atoms with Crippen LogP contribution in [0, 0.1) is 0 Å². The van der Waals surface area contributed by atoms with Gasteiger partial charge in [-0.05, 0) is 11.5 Å². The molecule has 0 aliphatic heterocycles. The molecule has 1 radical (unpaired) electrons. The first-order valence-corrected chi connectivity index (χ1v) is 4.51. The van der Waals surface area contributed by atoms with Crippen LogP contribution < -0.4 is 0 Å². The van der Waals surface area contributed by atoms with Crippen molar-refractivity contribution in [2.75, 3.05) is 7.11 Å². The highest BCUT2D eigenvalue weighted by Crippen LogP contribution is 2.29. The van der Waals surface area contributed by atoms with Crippen LogP contribution in [0.4, 0.5) is 0 Å². The predicted octanol–water partition coefficient (Wildman–Crippen LogP) is 2.77. The monoisotopic (exact) mass is 201 g/mol. The summed E-state index contributed by atoms with van der Waals surface area (Å²) >= 11 is 0. The molecule has 0 bridgehead atoms. The number of rotatable bonds is 1. The van der Waals surface area contributed by atoms with Gasteiger partial charge in [0.1, 0.15) is 5.56 Å². The van der Waals surface area contributed by atoms with Gasteiger partial charge in [-0.15, -0.1) is 0 Å². The molecule has 0 atom stereocenters. The SMILES string of the molecule is COC(=O)c1ccc2ccccc2c1[O]. The Morgan fingerprint density at radius 2 is 1.87 bits per heavy atom. The van der Waals surface area contributed by atoms with Gasteiger partial charge in [0.2, 0.25) is 5.75 Å². The lowest BCUT2D eigenvalue weighted by Gasteiger charge is -2.03. The second kappa shape index (κ2) is 3.61. The Hall–Kier alpha value is -2.03. The Morgan fingerprint density at radius 1 is 1.13 bits per heavy atom. The number of carbonyl (C=O) groups excluding carboxylic acids is 1. The van der Waals surface area contributed by atoms with Crippen molar-refractivity contribution < 1.29 is 14.6 Å². The van der Waals surface area contributed by atoms with Gasteiger partial charge < -0.3 is 4.74 Å². The number of carbonyl (C=O) groups is 1. The maximum absolute atomic E-state index is 11.8. The average Bonchev–Trinajstić information content (AvgIpc) is 2.29. The fraction of sp³-hybridized carbons (Fsp3) is 0.0833. The first kappa shape index (κ1) is 9.52. The first-order valence-electron chi connectivity index (χ1n) is 4.51. The summed E-state index contributed by atoms with van der Waals surface area (Å²) in [6.45, 7) is 0. The molecule has 0 aliphatic rings. The number of esters is 1. The third kappa shape index (κ3) is 1.52. The zero-order valence-electron chi connectivity index (χ0n) is 8.19. The van der Waals surface area contributed by atoms with Gasteiger partial charge >= 0.3 is 5.97 Å². The van der Waals surface area contributed by atoms with Crippen LogP contribution >= 0.6 is 0 Å². The fourth-order valence-corrected chi connectivity index (χ4v) is 1.51. The zero-order chi connectivity index (χ0) is 10.8. The van der Waals surface area contributed by atoms with Crippen molar-refractivity contribution in [3.8, 4) is 5.75 Å². The van der Waals surface area contributed by atoms with Crippen LogP contribution in [0.15, 0.2) is 36.4 Å². The van der Waals surface area contributed by atoms with E-state index in [0.717, 1.165) is 5.39 Å². The smallest absolute Gasteiger partial charge is 0.341 e. The summed E-state index contributed by atoms with van der Waals surface area (Å²) in [5.41, 5.74) is 0.0798. The predicted molar refractivity (Wildman–Crippen MR) is 55.4 cm³/mol. The third-order valence-corrected chi connectivity index (χ3v) is 2.28. The van der Waals surface area contributed by atoms with Gasteiger partial charge in [-0.1, -0.05) is 30.3 Å². The van der Waals surface area contributed by atoms with Crippen LogP contribution in [-0.2, 0) is 9.84 Å². The second-order valence-electron chi connectivity index (χ2n) is 3.15. The van der Waals surface area contributed by atoms with E-state index in [1.165, 1.54) is 13.2 Å². The summed E-state index contributed by atoms with van der Waals surface area (Å²) in [7, 11) is 1.26. The lowest BCUT2D eigenvalue weighted by molar-refractivity contribution is 0.0596. The van der Waals surface area contributed by atoms with Crippen LogP contribution in [0.1, 0.15) is 10.4 Å². The molecule has 2 rings (SSSR count). The topological polar surface area (TPSA) is 46.2 Å². The quantitative estimate of drug-likeness (QED) is 0.666. The zero-order valence-corrected chi connectivity index (χ0v) is 8.19. The Bertz CT molecular complexity index is 517. The minimum Gasteiger partial charge on any atom is -0.465 e. The van der Waals surface area contributed by atoms with Gasteiger partial charge in [-0.25, -0.2) is 4.79 Å². The Balaban J connectivity index is 2.70. The highest BCUT2D eigenvalue weighted by atomic mass is 16.5. The van der Waals surface area contributed by atoms with Crippen LogP contribution in [-0.4, -0.2) is 13.1 Å². The highest BCUT2D eigenvalue weighted by Gasteiger charge is 2.15. The molecule has 0 fully saturated rings. The van der Waals surface area contributed by atoms with Gasteiger partial charge in [0.15, 0.2) is 0 Å². The van der Waals surface area contributed by atoms with Crippen molar-refractivity contribution >= 4 is 16.7 Å². The molecule has 3 nitrogen and oxygen atoms in total. The highest BCUT2D eigenvalue weighted by molar-refractivity contribution is 6.00. The van der Waals surface area contributed by atoms with E-state index in [-0.39, 0.29) is 11.3 Å². The van der Waals surface area contributed by atoms with E-state index in [1.807, 2.05) is 12.1 Å². The summed E-state index contributed by atoms with van der Waals surface area (Å²) in [4.78, 5) is 11.3. The fourth-order valence-electron chi connectivity index (χ4n) is 1.51. The molecule has 0 saturated carbocycles. The van der Waals surface area contributed by atoms with Crippen molar-refractivity contribution in [2.24, 2.45) is 0 Å². The lowest BCUT2D eigenvalue weighted by Crippen LogP contribution is -2.01. The number of fused-ring (bicyclic) bond motifs is 1. The minimum absolute atomic E-state index is 0.0798. The minimum atomic E-state index is -0.592. The summed E-state index contributed by atoms with van der Waals surface area (Å²) in [6.07, 6.45) is 0. The Morgan fingerprint density at radius 3 is 2.60 bits per heavy atom. The normalized spacial score (nSPS) is 10.2. The third-order valence-electron chi connectivity index (χ3n) is 2.28. The van der Waals surface area contributed by atoms with E-state index in [4.69, 9.17) is 0 Å². The van der Waals surface area contributed by atoms with Crippen molar-refractivity contribution in [3.05, 3.63) is 42.0 Å². The van der Waals surface area contributed by atoms with Gasteiger partial charge in [-0.3, -0.25) is 5.11 Å². The number of ether oxygens (including phenoxy) is 1. The molecule has 0 unspecified atom stereocenters. The van der Waals surface area contributed by atoms with Crippen LogP contribution in [0.5, 0.6) is 5.75 Å². The van der Waals surface area contributed by atoms with Crippen molar-refractivity contribution in [1.29, 1.82) is 0 Å². The van der Waals surface area contributed by atoms with Crippen molar-refractivity contribution in [2.45, 2.75) is 0 Å². The van der Waals surface area contributed by atoms with Gasteiger partial charge in [0.05, 0.1) is 7.11 Å². The second-order valence-corrected chi connectivity index (χ2v) is 3.15. The average molecular weight is 201 g/mol. The molecular weight excluding hydrogens is 192 g/mol. The van der Waals surface area contributed by atoms with Crippen molar-refractivity contribution in [3.63, 3.8) is 0 Å². The summed E-state index contributed by atoms with van der Waals surface area (Å²) in [6, 6.07) is 10.4. The van der Waals surface area contributed by atoms with Gasteiger partial charge in [-0.2, -0.15) is 0 Å². The molecule has 0 aromatic heterocycles. The first-order chi connectivity index (χ1) is 7.24. The molecule has 0 aliphatic carbocycles. The van der Waals surface area contributed by atoms with Gasteiger partial charge in [0, 0.05) is 5.39 Å².